The molecule has 0 saturated carbocycles. The van der Waals surface area contributed by atoms with Crippen molar-refractivity contribution in [2.45, 2.75) is 13.0 Å². The van der Waals surface area contributed by atoms with E-state index in [1.54, 1.807) is 6.92 Å². The standard InChI is InChI=1S/C14H17FN2O3/c1-10(18)9-17(2)14(20)8-7-13(19)16-12-5-3-11(15)4-6-12/h3-8,10,18H,9H2,1-2H3,(H,16,19)/b8-7+. The maximum Gasteiger partial charge on any atom is 0.248 e. The number of carbonyl (C=O) groups excluding carboxylic acids is 2. The van der Waals surface area contributed by atoms with Crippen molar-refractivity contribution in [2.24, 2.45) is 0 Å². The first kappa shape index (κ1) is 15.8. The molecule has 0 saturated heterocycles. The third-order valence-electron chi connectivity index (χ3n) is 2.40. The summed E-state index contributed by atoms with van der Waals surface area (Å²) in [5.74, 6) is -1.27. The molecule has 108 valence electrons. The van der Waals surface area contributed by atoms with Crippen molar-refractivity contribution in [3.8, 4) is 0 Å². The van der Waals surface area contributed by atoms with E-state index >= 15 is 0 Å². The summed E-state index contributed by atoms with van der Waals surface area (Å²) in [5.41, 5.74) is 0.436. The topological polar surface area (TPSA) is 69.6 Å². The second-order valence-corrected chi connectivity index (χ2v) is 4.40. The molecule has 1 rings (SSSR count). The number of hydrogen-bond donors (Lipinski definition) is 2. The summed E-state index contributed by atoms with van der Waals surface area (Å²) in [6.45, 7) is 1.75. The lowest BCUT2D eigenvalue weighted by Gasteiger charge is -2.16. The van der Waals surface area contributed by atoms with Crippen molar-refractivity contribution in [3.63, 3.8) is 0 Å². The van der Waals surface area contributed by atoms with Gasteiger partial charge >= 0.3 is 0 Å². The lowest BCUT2D eigenvalue weighted by Crippen LogP contribution is -2.31. The van der Waals surface area contributed by atoms with Crippen molar-refractivity contribution in [1.29, 1.82) is 0 Å². The van der Waals surface area contributed by atoms with Crippen LogP contribution in [-0.4, -0.2) is 41.5 Å². The number of hydrogen-bond acceptors (Lipinski definition) is 3. The quantitative estimate of drug-likeness (QED) is 0.795. The zero-order valence-electron chi connectivity index (χ0n) is 11.3. The van der Waals surface area contributed by atoms with Crippen molar-refractivity contribution < 1.29 is 19.1 Å². The Morgan fingerprint density at radius 2 is 1.95 bits per heavy atom. The molecule has 1 unspecified atom stereocenters. The summed E-state index contributed by atoms with van der Waals surface area (Å²) in [7, 11) is 1.53. The summed E-state index contributed by atoms with van der Waals surface area (Å²) in [4.78, 5) is 24.4. The highest BCUT2D eigenvalue weighted by Crippen LogP contribution is 2.07. The lowest BCUT2D eigenvalue weighted by molar-refractivity contribution is -0.126. The molecule has 20 heavy (non-hydrogen) atoms. The summed E-state index contributed by atoms with van der Waals surface area (Å²) in [6.07, 6.45) is 1.57. The predicted octanol–water partition coefficient (Wildman–Crippen LogP) is 1.16. The third-order valence-corrected chi connectivity index (χ3v) is 2.40. The molecule has 0 bridgehead atoms. The minimum Gasteiger partial charge on any atom is -0.392 e. The van der Waals surface area contributed by atoms with Crippen LogP contribution in [0.1, 0.15) is 6.92 Å². The van der Waals surface area contributed by atoms with Crippen LogP contribution in [0.4, 0.5) is 10.1 Å². The number of benzene rings is 1. The van der Waals surface area contributed by atoms with Crippen LogP contribution >= 0.6 is 0 Å². The van der Waals surface area contributed by atoms with E-state index in [4.69, 9.17) is 5.11 Å². The largest absolute Gasteiger partial charge is 0.392 e. The molecular formula is C14H17FN2O3. The fourth-order valence-corrected chi connectivity index (χ4v) is 1.48. The van der Waals surface area contributed by atoms with Crippen LogP contribution in [0.15, 0.2) is 36.4 Å². The van der Waals surface area contributed by atoms with Crippen molar-refractivity contribution >= 4 is 17.5 Å². The zero-order chi connectivity index (χ0) is 15.1. The summed E-state index contributed by atoms with van der Waals surface area (Å²) < 4.78 is 12.7. The molecule has 0 heterocycles. The number of aliphatic hydroxyl groups is 1. The number of anilines is 1. The molecule has 0 radical (unpaired) electrons. The summed E-state index contributed by atoms with van der Waals surface area (Å²) in [5, 5.41) is 11.6. The lowest BCUT2D eigenvalue weighted by atomic mass is 10.3. The molecule has 2 N–H and O–H groups in total. The number of carbonyl (C=O) groups is 2. The van der Waals surface area contributed by atoms with E-state index in [0.717, 1.165) is 12.2 Å². The molecule has 0 aliphatic heterocycles. The van der Waals surface area contributed by atoms with Gasteiger partial charge in [0.05, 0.1) is 6.10 Å². The van der Waals surface area contributed by atoms with Crippen LogP contribution < -0.4 is 5.32 Å². The SMILES string of the molecule is CC(O)CN(C)C(=O)/C=C/C(=O)Nc1ccc(F)cc1. The molecular weight excluding hydrogens is 263 g/mol. The van der Waals surface area contributed by atoms with E-state index in [0.29, 0.717) is 5.69 Å². The Balaban J connectivity index is 2.51. The van der Waals surface area contributed by atoms with E-state index in [-0.39, 0.29) is 12.5 Å². The van der Waals surface area contributed by atoms with Gasteiger partial charge in [-0.3, -0.25) is 9.59 Å². The minimum absolute atomic E-state index is 0.183. The average molecular weight is 280 g/mol. The molecule has 0 aliphatic rings. The molecule has 1 aromatic rings. The fourth-order valence-electron chi connectivity index (χ4n) is 1.48. The number of halogens is 1. The zero-order valence-corrected chi connectivity index (χ0v) is 11.3. The Bertz CT molecular complexity index is 498. The van der Waals surface area contributed by atoms with Gasteiger partial charge in [0.15, 0.2) is 0 Å². The summed E-state index contributed by atoms with van der Waals surface area (Å²) >= 11 is 0. The second-order valence-electron chi connectivity index (χ2n) is 4.40. The normalized spacial score (nSPS) is 12.2. The Morgan fingerprint density at radius 3 is 2.50 bits per heavy atom. The number of amides is 2. The first-order valence-electron chi connectivity index (χ1n) is 6.06. The Morgan fingerprint density at radius 1 is 1.35 bits per heavy atom. The average Bonchev–Trinajstić information content (AvgIpc) is 2.38. The third kappa shape index (κ3) is 5.62. The van der Waals surface area contributed by atoms with E-state index in [1.807, 2.05) is 0 Å². The molecule has 0 aliphatic carbocycles. The molecule has 2 amide bonds. The van der Waals surface area contributed by atoms with E-state index in [2.05, 4.69) is 5.32 Å². The molecule has 6 heteroatoms. The maximum atomic E-state index is 12.7. The maximum absolute atomic E-state index is 12.7. The first-order valence-corrected chi connectivity index (χ1v) is 6.06. The van der Waals surface area contributed by atoms with Gasteiger partial charge in [0, 0.05) is 31.4 Å². The molecule has 1 aromatic carbocycles. The Labute approximate surface area is 116 Å². The van der Waals surface area contributed by atoms with Crippen LogP contribution in [0.25, 0.3) is 0 Å². The van der Waals surface area contributed by atoms with Crippen LogP contribution in [0.5, 0.6) is 0 Å². The van der Waals surface area contributed by atoms with Crippen molar-refractivity contribution in [3.05, 3.63) is 42.2 Å². The predicted molar refractivity (Wildman–Crippen MR) is 73.5 cm³/mol. The van der Waals surface area contributed by atoms with Gasteiger partial charge in [0.2, 0.25) is 11.8 Å². The van der Waals surface area contributed by atoms with Crippen LogP contribution in [0, 0.1) is 5.82 Å². The smallest absolute Gasteiger partial charge is 0.248 e. The molecule has 1 atom stereocenters. The van der Waals surface area contributed by atoms with Gasteiger partial charge in [0.25, 0.3) is 0 Å². The van der Waals surface area contributed by atoms with Crippen LogP contribution in [0.2, 0.25) is 0 Å². The van der Waals surface area contributed by atoms with Gasteiger partial charge in [0.1, 0.15) is 5.82 Å². The summed E-state index contributed by atoms with van der Waals surface area (Å²) in [6, 6.07) is 5.28. The van der Waals surface area contributed by atoms with Gasteiger partial charge in [-0.05, 0) is 31.2 Å². The monoisotopic (exact) mass is 280 g/mol. The number of rotatable bonds is 5. The van der Waals surface area contributed by atoms with Crippen molar-refractivity contribution in [2.75, 3.05) is 18.9 Å². The number of aliphatic hydroxyl groups excluding tert-OH is 1. The van der Waals surface area contributed by atoms with Gasteiger partial charge in [-0.1, -0.05) is 0 Å². The molecule has 0 spiro atoms. The number of nitrogens with one attached hydrogen (secondary N) is 1. The van der Waals surface area contributed by atoms with Crippen molar-refractivity contribution in [1.82, 2.24) is 4.90 Å². The fraction of sp³-hybridized carbons (Fsp3) is 0.286. The van der Waals surface area contributed by atoms with E-state index in [9.17, 15) is 14.0 Å². The van der Waals surface area contributed by atoms with Gasteiger partial charge < -0.3 is 15.3 Å². The Kier molecular flexibility index (Phi) is 5.86. The van der Waals surface area contributed by atoms with E-state index < -0.39 is 17.8 Å². The minimum atomic E-state index is -0.634. The highest BCUT2D eigenvalue weighted by Gasteiger charge is 2.08. The highest BCUT2D eigenvalue weighted by atomic mass is 19.1. The van der Waals surface area contributed by atoms with Gasteiger partial charge in [-0.2, -0.15) is 0 Å². The Hall–Kier alpha value is -2.21. The van der Waals surface area contributed by atoms with Gasteiger partial charge in [-0.25, -0.2) is 4.39 Å². The van der Waals surface area contributed by atoms with E-state index in [1.165, 1.54) is 36.2 Å². The number of nitrogens with zero attached hydrogens (tertiary/aromatic N) is 1. The highest BCUT2D eigenvalue weighted by molar-refractivity contribution is 6.03. The second kappa shape index (κ2) is 7.40. The molecule has 5 nitrogen and oxygen atoms in total. The van der Waals surface area contributed by atoms with Crippen LogP contribution in [0.3, 0.4) is 0 Å². The number of likely N-dealkylation sites (N-methyl/N-ethyl adjacent to an activating group) is 1. The van der Waals surface area contributed by atoms with Crippen LogP contribution in [-0.2, 0) is 9.59 Å². The molecule has 0 aromatic heterocycles. The molecule has 0 fully saturated rings. The van der Waals surface area contributed by atoms with Gasteiger partial charge in [-0.15, -0.1) is 0 Å². The first-order chi connectivity index (χ1) is 9.38.